The Morgan fingerprint density at radius 2 is 1.75 bits per heavy atom. The average molecular weight is 496 g/mol. The summed E-state index contributed by atoms with van der Waals surface area (Å²) >= 11 is 0. The Morgan fingerprint density at radius 3 is 2.19 bits per heavy atom. The second kappa shape index (κ2) is 15.2. The number of hydrogen-bond acceptors (Lipinski definition) is 3. The van der Waals surface area contributed by atoms with Crippen LogP contribution in [0.25, 0.3) is 5.57 Å². The zero-order valence-electron chi connectivity index (χ0n) is 23.2. The van der Waals surface area contributed by atoms with Gasteiger partial charge in [0.05, 0.1) is 11.3 Å². The van der Waals surface area contributed by atoms with Gasteiger partial charge >= 0.3 is 5.97 Å². The van der Waals surface area contributed by atoms with Crippen molar-refractivity contribution in [2.24, 2.45) is 0 Å². The molecule has 0 heterocycles. The Labute approximate surface area is 218 Å². The van der Waals surface area contributed by atoms with Crippen molar-refractivity contribution in [3.05, 3.63) is 76.5 Å². The normalized spacial score (nSPS) is 15.8. The molecule has 0 spiro atoms. The van der Waals surface area contributed by atoms with Crippen molar-refractivity contribution in [2.45, 2.75) is 98.7 Å². The molecule has 5 heteroatoms. The van der Waals surface area contributed by atoms with E-state index >= 15 is 0 Å². The van der Waals surface area contributed by atoms with Gasteiger partial charge in [0.2, 0.25) is 6.41 Å². The summed E-state index contributed by atoms with van der Waals surface area (Å²) < 4.78 is 6.08. The first-order valence-electron chi connectivity index (χ1n) is 12.9. The first kappa shape index (κ1) is 31.1. The van der Waals surface area contributed by atoms with Crippen molar-refractivity contribution in [1.29, 1.82) is 0 Å². The fourth-order valence-electron chi connectivity index (χ4n) is 4.04. The standard InChI is InChI=1S/C27H37NO4.C4H8/c1-7-21(22-12-10-9-11-19(22)4)23(20-15-13-18(3)14-16-20)24(28-17-29)25(26(30)31)32-27(5,6)8-2;1-3-4-2/h7,13-17,25H,8-12H2,1-6H3,(H,28,29)(H,30,31);3H,1,4H2,2H3/b21-7+,24-23-;. The van der Waals surface area contributed by atoms with E-state index in [9.17, 15) is 14.7 Å². The van der Waals surface area contributed by atoms with Crippen LogP contribution in [0.1, 0.15) is 91.2 Å². The van der Waals surface area contributed by atoms with Gasteiger partial charge in [0, 0.05) is 5.57 Å². The maximum atomic E-state index is 12.4. The van der Waals surface area contributed by atoms with Crippen LogP contribution in [0.15, 0.2) is 65.4 Å². The summed E-state index contributed by atoms with van der Waals surface area (Å²) in [5, 5.41) is 12.9. The number of carboxylic acids is 1. The maximum absolute atomic E-state index is 12.4. The molecule has 1 aliphatic carbocycles. The molecule has 0 fully saturated rings. The molecule has 2 rings (SSSR count). The molecule has 1 aromatic rings. The first-order valence-corrected chi connectivity index (χ1v) is 12.9. The quantitative estimate of drug-likeness (QED) is 0.189. The minimum absolute atomic E-state index is 0.261. The molecule has 2 N–H and O–H groups in total. The number of amides is 1. The largest absolute Gasteiger partial charge is 0.479 e. The highest BCUT2D eigenvalue weighted by molar-refractivity contribution is 5.91. The summed E-state index contributed by atoms with van der Waals surface area (Å²) in [4.78, 5) is 24.1. The van der Waals surface area contributed by atoms with Crippen LogP contribution in [0.5, 0.6) is 0 Å². The summed E-state index contributed by atoms with van der Waals surface area (Å²) in [5.74, 6) is -1.13. The maximum Gasteiger partial charge on any atom is 0.339 e. The Bertz CT molecular complexity index is 980. The van der Waals surface area contributed by atoms with Crippen LogP contribution in [0.4, 0.5) is 0 Å². The predicted molar refractivity (Wildman–Crippen MR) is 150 cm³/mol. The van der Waals surface area contributed by atoms with Gasteiger partial charge in [-0.3, -0.25) is 4.79 Å². The van der Waals surface area contributed by atoms with Gasteiger partial charge in [0.15, 0.2) is 6.10 Å². The Hall–Kier alpha value is -2.92. The molecule has 0 saturated carbocycles. The van der Waals surface area contributed by atoms with E-state index in [0.29, 0.717) is 18.4 Å². The van der Waals surface area contributed by atoms with Crippen LogP contribution in [0.2, 0.25) is 0 Å². The van der Waals surface area contributed by atoms with Gasteiger partial charge in [-0.25, -0.2) is 4.79 Å². The molecule has 1 aromatic carbocycles. The monoisotopic (exact) mass is 495 g/mol. The Kier molecular flexibility index (Phi) is 13.2. The molecule has 1 amide bonds. The highest BCUT2D eigenvalue weighted by Crippen LogP contribution is 2.39. The van der Waals surface area contributed by atoms with Gasteiger partial charge in [-0.15, -0.1) is 6.58 Å². The smallest absolute Gasteiger partial charge is 0.339 e. The Balaban J connectivity index is 0.00000150. The zero-order valence-corrected chi connectivity index (χ0v) is 23.2. The summed E-state index contributed by atoms with van der Waals surface area (Å²) in [6.45, 7) is 17.3. The van der Waals surface area contributed by atoms with E-state index in [2.05, 4.69) is 25.7 Å². The number of nitrogens with one attached hydrogen (secondary N) is 1. The van der Waals surface area contributed by atoms with Crippen LogP contribution < -0.4 is 5.32 Å². The SMILES string of the molecule is C/C=C(C1=C(C)CCCC1)/C(=C(\NC=O)C(OC(C)(C)CC)C(=O)O)c1ccc(C)cc1.C=CCC. The molecule has 198 valence electrons. The number of carboxylic acid groups (broad SMARTS) is 1. The molecule has 1 atom stereocenters. The van der Waals surface area contributed by atoms with Crippen LogP contribution in [-0.4, -0.2) is 29.2 Å². The molecule has 0 bridgehead atoms. The summed E-state index contributed by atoms with van der Waals surface area (Å²) in [5.41, 5.74) is 5.73. The van der Waals surface area contributed by atoms with Crippen molar-refractivity contribution < 1.29 is 19.4 Å². The molecule has 5 nitrogen and oxygen atoms in total. The summed E-state index contributed by atoms with van der Waals surface area (Å²) in [6, 6.07) is 7.94. The van der Waals surface area contributed by atoms with E-state index in [4.69, 9.17) is 4.74 Å². The third-order valence-electron chi connectivity index (χ3n) is 6.51. The highest BCUT2D eigenvalue weighted by Gasteiger charge is 2.34. The van der Waals surface area contributed by atoms with Crippen LogP contribution in [0, 0.1) is 6.92 Å². The lowest BCUT2D eigenvalue weighted by Gasteiger charge is -2.31. The number of ether oxygens (including phenoxy) is 1. The number of rotatable bonds is 11. The van der Waals surface area contributed by atoms with Crippen molar-refractivity contribution in [3.8, 4) is 0 Å². The predicted octanol–water partition coefficient (Wildman–Crippen LogP) is 7.53. The van der Waals surface area contributed by atoms with Gasteiger partial charge in [-0.1, -0.05) is 61.4 Å². The van der Waals surface area contributed by atoms with E-state index in [1.807, 2.05) is 71.0 Å². The fraction of sp³-hybridized carbons (Fsp3) is 0.484. The minimum atomic E-state index is -1.31. The van der Waals surface area contributed by atoms with E-state index < -0.39 is 17.7 Å². The lowest BCUT2D eigenvalue weighted by atomic mass is 9.81. The van der Waals surface area contributed by atoms with Gasteiger partial charge in [-0.05, 0) is 89.9 Å². The lowest BCUT2D eigenvalue weighted by Crippen LogP contribution is -2.40. The molecule has 36 heavy (non-hydrogen) atoms. The molecule has 0 radical (unpaired) electrons. The lowest BCUT2D eigenvalue weighted by molar-refractivity contribution is -0.157. The molecule has 0 aromatic heterocycles. The van der Waals surface area contributed by atoms with E-state index in [0.717, 1.165) is 48.8 Å². The first-order chi connectivity index (χ1) is 17.1. The van der Waals surface area contributed by atoms with Crippen molar-refractivity contribution in [1.82, 2.24) is 5.32 Å². The molecule has 1 aliphatic rings. The topological polar surface area (TPSA) is 75.6 Å². The number of benzene rings is 1. The van der Waals surface area contributed by atoms with Crippen LogP contribution in [-0.2, 0) is 14.3 Å². The molecule has 0 saturated heterocycles. The number of aliphatic carboxylic acids is 1. The van der Waals surface area contributed by atoms with Crippen molar-refractivity contribution in [3.63, 3.8) is 0 Å². The molecule has 0 aliphatic heterocycles. The van der Waals surface area contributed by atoms with Crippen molar-refractivity contribution >= 4 is 18.0 Å². The van der Waals surface area contributed by atoms with Gasteiger partial charge in [0.1, 0.15) is 0 Å². The van der Waals surface area contributed by atoms with Gasteiger partial charge in [0.25, 0.3) is 0 Å². The number of hydrogen-bond donors (Lipinski definition) is 2. The van der Waals surface area contributed by atoms with Crippen LogP contribution in [0.3, 0.4) is 0 Å². The average Bonchev–Trinajstić information content (AvgIpc) is 2.86. The second-order valence-corrected chi connectivity index (χ2v) is 9.73. The highest BCUT2D eigenvalue weighted by atomic mass is 16.5. The Morgan fingerprint density at radius 1 is 1.17 bits per heavy atom. The summed E-state index contributed by atoms with van der Waals surface area (Å²) in [7, 11) is 0. The fourth-order valence-corrected chi connectivity index (χ4v) is 4.04. The summed E-state index contributed by atoms with van der Waals surface area (Å²) in [6.07, 6.45) is 9.02. The molecular weight excluding hydrogens is 450 g/mol. The number of allylic oxidation sites excluding steroid dienone is 6. The van der Waals surface area contributed by atoms with E-state index in [1.54, 1.807) is 0 Å². The molecule has 1 unspecified atom stereocenters. The third kappa shape index (κ3) is 8.94. The number of aryl methyl sites for hydroxylation is 1. The van der Waals surface area contributed by atoms with Gasteiger partial charge in [-0.2, -0.15) is 0 Å². The van der Waals surface area contributed by atoms with Crippen molar-refractivity contribution in [2.75, 3.05) is 0 Å². The van der Waals surface area contributed by atoms with E-state index in [-0.39, 0.29) is 5.70 Å². The minimum Gasteiger partial charge on any atom is -0.479 e. The second-order valence-electron chi connectivity index (χ2n) is 9.73. The zero-order chi connectivity index (χ0) is 27.3. The third-order valence-corrected chi connectivity index (χ3v) is 6.51. The molecular formula is C31H45NO4. The van der Waals surface area contributed by atoms with Crippen LogP contribution >= 0.6 is 0 Å². The van der Waals surface area contributed by atoms with Gasteiger partial charge < -0.3 is 15.2 Å². The van der Waals surface area contributed by atoms with E-state index in [1.165, 1.54) is 11.1 Å². The number of carbonyl (C=O) groups excluding carboxylic acids is 1. The number of carbonyl (C=O) groups is 2.